The molecule has 1 N–H and O–H groups in total. The smallest absolute Gasteiger partial charge is 0.308 e. The molecule has 20 heavy (non-hydrogen) atoms. The van der Waals surface area contributed by atoms with Crippen LogP contribution in [-0.4, -0.2) is 33.1 Å². The number of carboxylic acid groups (broad SMARTS) is 1. The second kappa shape index (κ2) is 4.43. The number of aryl methyl sites for hydroxylation is 1. The van der Waals surface area contributed by atoms with Gasteiger partial charge in [-0.1, -0.05) is 0 Å². The van der Waals surface area contributed by atoms with Gasteiger partial charge >= 0.3 is 5.97 Å². The maximum Gasteiger partial charge on any atom is 0.308 e. The van der Waals surface area contributed by atoms with Crippen molar-refractivity contribution in [2.75, 3.05) is 4.90 Å². The molecule has 3 rings (SSSR count). The highest BCUT2D eigenvalue weighted by atomic mass is 16.6. The first-order valence-electron chi connectivity index (χ1n) is 6.61. The number of nitrogens with zero attached hydrogens (tertiary/aromatic N) is 3. The van der Waals surface area contributed by atoms with Gasteiger partial charge in [-0.15, -0.1) is 0 Å². The van der Waals surface area contributed by atoms with Gasteiger partial charge in [0.15, 0.2) is 0 Å². The van der Waals surface area contributed by atoms with E-state index in [-0.39, 0.29) is 23.7 Å². The van der Waals surface area contributed by atoms with Crippen LogP contribution in [0.4, 0.5) is 11.5 Å². The van der Waals surface area contributed by atoms with E-state index in [1.807, 2.05) is 0 Å². The molecule has 3 atom stereocenters. The first-order valence-corrected chi connectivity index (χ1v) is 6.61. The average molecular weight is 277 g/mol. The van der Waals surface area contributed by atoms with Crippen LogP contribution in [0.25, 0.3) is 0 Å². The average Bonchev–Trinajstić information content (AvgIpc) is 2.96. The predicted molar refractivity (Wildman–Crippen MR) is 70.7 cm³/mol. The highest BCUT2D eigenvalue weighted by molar-refractivity contribution is 5.74. The third-order valence-corrected chi connectivity index (χ3v) is 4.35. The molecule has 1 aromatic rings. The summed E-state index contributed by atoms with van der Waals surface area (Å²) in [5, 5.41) is 20.0. The lowest BCUT2D eigenvalue weighted by atomic mass is 9.89. The summed E-state index contributed by atoms with van der Waals surface area (Å²) in [6.07, 6.45) is 3.69. The molecule has 7 heteroatoms. The van der Waals surface area contributed by atoms with Gasteiger partial charge in [-0.05, 0) is 31.7 Å². The molecule has 2 aliphatic rings. The minimum Gasteiger partial charge on any atom is -0.481 e. The Bertz CT molecular complexity index is 589. The van der Waals surface area contributed by atoms with Crippen LogP contribution in [0.15, 0.2) is 12.3 Å². The summed E-state index contributed by atoms with van der Waals surface area (Å²) in [5.74, 6) is -0.432. The molecule has 2 saturated heterocycles. The monoisotopic (exact) mass is 277 g/mol. The summed E-state index contributed by atoms with van der Waals surface area (Å²) in [5.41, 5.74) is 0.690. The van der Waals surface area contributed by atoms with E-state index in [0.29, 0.717) is 12.2 Å². The highest BCUT2D eigenvalue weighted by Gasteiger charge is 2.50. The molecule has 0 aromatic carbocycles. The van der Waals surface area contributed by atoms with Crippen LogP contribution in [0.2, 0.25) is 0 Å². The normalized spacial score (nSPS) is 27.9. The van der Waals surface area contributed by atoms with E-state index in [0.717, 1.165) is 18.4 Å². The zero-order valence-corrected chi connectivity index (χ0v) is 11.0. The van der Waals surface area contributed by atoms with E-state index in [4.69, 9.17) is 0 Å². The minimum absolute atomic E-state index is 0.0346. The third-order valence-electron chi connectivity index (χ3n) is 4.35. The minimum atomic E-state index is -0.762. The summed E-state index contributed by atoms with van der Waals surface area (Å²) in [6, 6.07) is 1.65. The second-order valence-corrected chi connectivity index (χ2v) is 5.48. The van der Waals surface area contributed by atoms with E-state index in [9.17, 15) is 20.0 Å². The van der Waals surface area contributed by atoms with Crippen molar-refractivity contribution in [1.29, 1.82) is 0 Å². The summed E-state index contributed by atoms with van der Waals surface area (Å²) in [7, 11) is 0. The highest BCUT2D eigenvalue weighted by Crippen LogP contribution is 2.44. The van der Waals surface area contributed by atoms with Crippen molar-refractivity contribution >= 4 is 17.5 Å². The lowest BCUT2D eigenvalue weighted by Crippen LogP contribution is -2.33. The number of hydrogen-bond donors (Lipinski definition) is 1. The Kier molecular flexibility index (Phi) is 2.84. The van der Waals surface area contributed by atoms with Crippen molar-refractivity contribution in [3.8, 4) is 0 Å². The standard InChI is InChI=1S/C13H15N3O4/c1-7-4-9(16(19)20)6-14-12(7)15-8-2-3-11(15)10(5-8)13(17)18/h4,6,8,10-11H,2-3,5H2,1H3,(H,17,18). The predicted octanol–water partition coefficient (Wildman–Crippen LogP) is 1.74. The Labute approximate surface area is 115 Å². The molecule has 1 aromatic heterocycles. The number of pyridine rings is 1. The lowest BCUT2D eigenvalue weighted by Gasteiger charge is -2.25. The molecule has 0 amide bonds. The first-order chi connectivity index (χ1) is 9.49. The molecule has 7 nitrogen and oxygen atoms in total. The van der Waals surface area contributed by atoms with Crippen molar-refractivity contribution in [2.45, 2.75) is 38.3 Å². The van der Waals surface area contributed by atoms with Gasteiger partial charge < -0.3 is 10.0 Å². The summed E-state index contributed by atoms with van der Waals surface area (Å²) in [6.45, 7) is 1.78. The fraction of sp³-hybridized carbons (Fsp3) is 0.538. The number of carboxylic acids is 1. The van der Waals surface area contributed by atoms with Crippen molar-refractivity contribution in [3.63, 3.8) is 0 Å². The molecule has 106 valence electrons. The third kappa shape index (κ3) is 1.81. The first kappa shape index (κ1) is 12.8. The van der Waals surface area contributed by atoms with E-state index in [1.54, 1.807) is 6.92 Å². The fourth-order valence-electron chi connectivity index (χ4n) is 3.51. The number of hydrogen-bond acceptors (Lipinski definition) is 5. The molecule has 2 bridgehead atoms. The molecule has 0 radical (unpaired) electrons. The molecular weight excluding hydrogens is 262 g/mol. The van der Waals surface area contributed by atoms with Crippen molar-refractivity contribution in [2.24, 2.45) is 5.92 Å². The molecule has 2 fully saturated rings. The largest absolute Gasteiger partial charge is 0.481 e. The molecule has 0 aliphatic carbocycles. The van der Waals surface area contributed by atoms with E-state index < -0.39 is 10.9 Å². The van der Waals surface area contributed by atoms with Gasteiger partial charge in [0.05, 0.1) is 10.8 Å². The van der Waals surface area contributed by atoms with Crippen LogP contribution < -0.4 is 4.90 Å². The summed E-state index contributed by atoms with van der Waals surface area (Å²) in [4.78, 5) is 27.8. The zero-order chi connectivity index (χ0) is 14.4. The number of fused-ring (bicyclic) bond motifs is 2. The van der Waals surface area contributed by atoms with Crippen LogP contribution in [0.1, 0.15) is 24.8 Å². The van der Waals surface area contributed by atoms with E-state index in [1.165, 1.54) is 12.3 Å². The number of aromatic nitrogens is 1. The Balaban J connectivity index is 1.94. The zero-order valence-electron chi connectivity index (χ0n) is 11.0. The maximum absolute atomic E-state index is 11.3. The van der Waals surface area contributed by atoms with Crippen LogP contribution >= 0.6 is 0 Å². The van der Waals surface area contributed by atoms with Gasteiger partial charge in [-0.3, -0.25) is 14.9 Å². The molecule has 3 unspecified atom stereocenters. The van der Waals surface area contributed by atoms with Crippen LogP contribution in [0, 0.1) is 23.0 Å². The topological polar surface area (TPSA) is 96.6 Å². The molecule has 3 heterocycles. The lowest BCUT2D eigenvalue weighted by molar-refractivity contribution is -0.385. The molecule has 0 spiro atoms. The summed E-state index contributed by atoms with van der Waals surface area (Å²) < 4.78 is 0. The van der Waals surface area contributed by atoms with Crippen LogP contribution in [-0.2, 0) is 4.79 Å². The Morgan fingerprint density at radius 1 is 1.55 bits per heavy atom. The number of carbonyl (C=O) groups is 1. The van der Waals surface area contributed by atoms with Gasteiger partial charge in [-0.25, -0.2) is 4.98 Å². The number of aliphatic carboxylic acids is 1. The fourth-order valence-corrected chi connectivity index (χ4v) is 3.51. The van der Waals surface area contributed by atoms with Gasteiger partial charge in [-0.2, -0.15) is 0 Å². The Morgan fingerprint density at radius 2 is 2.30 bits per heavy atom. The van der Waals surface area contributed by atoms with Gasteiger partial charge in [0.25, 0.3) is 5.69 Å². The Hall–Kier alpha value is -2.18. The van der Waals surface area contributed by atoms with E-state index >= 15 is 0 Å². The molecular formula is C13H15N3O4. The SMILES string of the molecule is Cc1cc([N+](=O)[O-])cnc1N1C2CCC1C(C(=O)O)C2. The molecule has 2 aliphatic heterocycles. The summed E-state index contributed by atoms with van der Waals surface area (Å²) >= 11 is 0. The van der Waals surface area contributed by atoms with Crippen LogP contribution in [0.5, 0.6) is 0 Å². The number of rotatable bonds is 3. The maximum atomic E-state index is 11.3. The van der Waals surface area contributed by atoms with Gasteiger partial charge in [0.2, 0.25) is 0 Å². The van der Waals surface area contributed by atoms with Gasteiger partial charge in [0.1, 0.15) is 12.0 Å². The Morgan fingerprint density at radius 3 is 2.85 bits per heavy atom. The van der Waals surface area contributed by atoms with E-state index in [2.05, 4.69) is 9.88 Å². The van der Waals surface area contributed by atoms with Crippen molar-refractivity contribution in [3.05, 3.63) is 27.9 Å². The van der Waals surface area contributed by atoms with Crippen molar-refractivity contribution < 1.29 is 14.8 Å². The van der Waals surface area contributed by atoms with Crippen LogP contribution in [0.3, 0.4) is 0 Å². The number of nitro groups is 1. The molecule has 0 saturated carbocycles. The quantitative estimate of drug-likeness (QED) is 0.667. The number of anilines is 1. The van der Waals surface area contributed by atoms with Gasteiger partial charge in [0, 0.05) is 18.2 Å². The van der Waals surface area contributed by atoms with Crippen molar-refractivity contribution in [1.82, 2.24) is 4.98 Å². The second-order valence-electron chi connectivity index (χ2n) is 5.48.